The van der Waals surface area contributed by atoms with E-state index in [-0.39, 0.29) is 29.6 Å². The number of rotatable bonds is 0. The summed E-state index contributed by atoms with van der Waals surface area (Å²) in [6.07, 6.45) is 0.0166. The van der Waals surface area contributed by atoms with Gasteiger partial charge in [-0.25, -0.2) is 0 Å². The molecule has 6 nitrogen and oxygen atoms in total. The van der Waals surface area contributed by atoms with Gasteiger partial charge in [0, 0.05) is 17.3 Å². The Morgan fingerprint density at radius 3 is 2.65 bits per heavy atom. The van der Waals surface area contributed by atoms with E-state index in [4.69, 9.17) is 9.47 Å². The molecular weight excluding hydrogens is 336 g/mol. The zero-order valence-electron chi connectivity index (χ0n) is 15.2. The molecule has 4 unspecified atom stereocenters. The molecule has 2 heterocycles. The summed E-state index contributed by atoms with van der Waals surface area (Å²) in [5.74, 6) is -1.84. The summed E-state index contributed by atoms with van der Waals surface area (Å²) in [5, 5.41) is 21.8. The molecule has 2 aliphatic heterocycles. The van der Waals surface area contributed by atoms with E-state index in [0.717, 1.165) is 6.42 Å². The Balaban J connectivity index is 1.75. The highest BCUT2D eigenvalue weighted by atomic mass is 16.6. The van der Waals surface area contributed by atoms with Crippen molar-refractivity contribution in [2.24, 2.45) is 34.0 Å². The second-order valence-corrected chi connectivity index (χ2v) is 9.72. The van der Waals surface area contributed by atoms with Crippen molar-refractivity contribution < 1.29 is 29.3 Å². The minimum atomic E-state index is -1.37. The molecule has 6 heteroatoms. The first-order valence-electron chi connectivity index (χ1n) is 9.58. The van der Waals surface area contributed by atoms with Gasteiger partial charge in [0.05, 0.1) is 12.7 Å². The van der Waals surface area contributed by atoms with Crippen LogP contribution in [0.15, 0.2) is 12.2 Å². The number of hydrogen-bond acceptors (Lipinski definition) is 6. The Morgan fingerprint density at radius 1 is 1.19 bits per heavy atom. The second-order valence-electron chi connectivity index (χ2n) is 9.72. The van der Waals surface area contributed by atoms with E-state index in [2.05, 4.69) is 20.4 Å². The molecule has 0 amide bonds. The van der Waals surface area contributed by atoms with E-state index in [1.165, 1.54) is 0 Å². The van der Waals surface area contributed by atoms with Gasteiger partial charge in [-0.05, 0) is 42.6 Å². The van der Waals surface area contributed by atoms with Gasteiger partial charge in [0.1, 0.15) is 11.5 Å². The maximum Gasteiger partial charge on any atom is 0.320 e. The van der Waals surface area contributed by atoms with Gasteiger partial charge in [-0.2, -0.15) is 0 Å². The Hall–Kier alpha value is -1.24. The highest BCUT2D eigenvalue weighted by molar-refractivity contribution is 6.15. The van der Waals surface area contributed by atoms with Crippen LogP contribution >= 0.6 is 0 Å². The van der Waals surface area contributed by atoms with Crippen molar-refractivity contribution >= 4 is 11.8 Å². The number of ketones is 1. The minimum Gasteiger partial charge on any atom is -0.461 e. The lowest BCUT2D eigenvalue weighted by molar-refractivity contribution is -0.251. The number of fused-ring (bicyclic) bond motifs is 1. The summed E-state index contributed by atoms with van der Waals surface area (Å²) < 4.78 is 11.6. The van der Waals surface area contributed by atoms with Crippen molar-refractivity contribution in [3.8, 4) is 0 Å². The van der Waals surface area contributed by atoms with Gasteiger partial charge in [-0.3, -0.25) is 9.59 Å². The molecule has 5 fully saturated rings. The molecule has 5 rings (SSSR count). The Morgan fingerprint density at radius 2 is 1.92 bits per heavy atom. The first kappa shape index (κ1) is 16.9. The molecule has 142 valence electrons. The molecule has 2 bridgehead atoms. The molecule has 0 aromatic rings. The topological polar surface area (TPSA) is 93.1 Å². The summed E-state index contributed by atoms with van der Waals surface area (Å²) in [7, 11) is 0. The lowest BCUT2D eigenvalue weighted by Crippen LogP contribution is -2.70. The average molecular weight is 362 g/mol. The summed E-state index contributed by atoms with van der Waals surface area (Å²) in [6, 6.07) is 0. The van der Waals surface area contributed by atoms with Crippen LogP contribution in [0.5, 0.6) is 0 Å². The van der Waals surface area contributed by atoms with Crippen LogP contribution in [0.25, 0.3) is 0 Å². The minimum absolute atomic E-state index is 0.170. The normalized spacial score (nSPS) is 54.4. The Kier molecular flexibility index (Phi) is 3.10. The molecule has 2 spiro atoms. The third-order valence-electron chi connectivity index (χ3n) is 8.25. The molecule has 0 radical (unpaired) electrons. The van der Waals surface area contributed by atoms with E-state index in [1.54, 1.807) is 0 Å². The quantitative estimate of drug-likeness (QED) is 0.382. The molecule has 2 saturated heterocycles. The third-order valence-corrected chi connectivity index (χ3v) is 8.25. The predicted octanol–water partition coefficient (Wildman–Crippen LogP) is 1.20. The van der Waals surface area contributed by atoms with Crippen molar-refractivity contribution in [1.82, 2.24) is 0 Å². The monoisotopic (exact) mass is 362 g/mol. The molecule has 3 saturated carbocycles. The number of carbonyl (C=O) groups is 2. The van der Waals surface area contributed by atoms with Gasteiger partial charge in [0.2, 0.25) is 0 Å². The van der Waals surface area contributed by atoms with Crippen LogP contribution in [0.3, 0.4) is 0 Å². The maximum atomic E-state index is 13.2. The SMILES string of the molecule is C=C1C(=O)[C@]23CC1CC(O)[C@H]2[C@@]12COC(O)[C@@H]1C(C)(C)CCC2OC3=O. The van der Waals surface area contributed by atoms with Crippen molar-refractivity contribution in [2.45, 2.75) is 58.0 Å². The largest absolute Gasteiger partial charge is 0.461 e. The van der Waals surface area contributed by atoms with E-state index in [9.17, 15) is 19.8 Å². The highest BCUT2D eigenvalue weighted by Crippen LogP contribution is 2.71. The van der Waals surface area contributed by atoms with Crippen LogP contribution in [-0.2, 0) is 19.1 Å². The van der Waals surface area contributed by atoms with Crippen LogP contribution in [0.2, 0.25) is 0 Å². The van der Waals surface area contributed by atoms with Gasteiger partial charge in [0.25, 0.3) is 0 Å². The highest BCUT2D eigenvalue weighted by Gasteiger charge is 2.79. The van der Waals surface area contributed by atoms with Crippen molar-refractivity contribution in [2.75, 3.05) is 6.61 Å². The van der Waals surface area contributed by atoms with Crippen molar-refractivity contribution in [3.63, 3.8) is 0 Å². The first-order chi connectivity index (χ1) is 12.2. The molecule has 2 N–H and O–H groups in total. The summed E-state index contributed by atoms with van der Waals surface area (Å²) >= 11 is 0. The van der Waals surface area contributed by atoms with Gasteiger partial charge >= 0.3 is 5.97 Å². The van der Waals surface area contributed by atoms with Gasteiger partial charge < -0.3 is 19.7 Å². The summed E-state index contributed by atoms with van der Waals surface area (Å²) in [5.41, 5.74) is -1.91. The zero-order chi connectivity index (χ0) is 18.6. The number of allylic oxidation sites excluding steroid dienone is 1. The smallest absolute Gasteiger partial charge is 0.320 e. The average Bonchev–Trinajstić information content (AvgIpc) is 3.01. The van der Waals surface area contributed by atoms with E-state index >= 15 is 0 Å². The van der Waals surface area contributed by atoms with Gasteiger partial charge in [-0.1, -0.05) is 20.4 Å². The maximum absolute atomic E-state index is 13.2. The van der Waals surface area contributed by atoms with Crippen LogP contribution in [0, 0.1) is 34.0 Å². The fraction of sp³-hybridized carbons (Fsp3) is 0.800. The lowest BCUT2D eigenvalue weighted by Gasteiger charge is -2.62. The fourth-order valence-corrected chi connectivity index (χ4v) is 7.35. The Labute approximate surface area is 152 Å². The van der Waals surface area contributed by atoms with Gasteiger partial charge in [-0.15, -0.1) is 0 Å². The van der Waals surface area contributed by atoms with Gasteiger partial charge in [0.15, 0.2) is 12.1 Å². The number of aliphatic hydroxyl groups is 2. The predicted molar refractivity (Wildman–Crippen MR) is 89.6 cm³/mol. The van der Waals surface area contributed by atoms with Crippen molar-refractivity contribution in [3.05, 3.63) is 12.2 Å². The van der Waals surface area contributed by atoms with Crippen LogP contribution < -0.4 is 0 Å². The third kappa shape index (κ3) is 1.61. The molecule has 8 atom stereocenters. The standard InChI is InChI=1S/C20H26O6/c1-9-10-6-11(21)13-19(7-10,15(9)22)17(24)26-12-4-5-18(2,3)14-16(23)25-8-20(12,13)14/h10-14,16,21,23H,1,4-8H2,2-3H3/t10?,11?,12?,13-,14-,16?,19+,20+/m1/s1. The summed E-state index contributed by atoms with van der Waals surface area (Å²) in [4.78, 5) is 26.3. The second kappa shape index (κ2) is 4.78. The van der Waals surface area contributed by atoms with Crippen LogP contribution in [-0.4, -0.2) is 47.1 Å². The molecule has 0 aromatic carbocycles. The molecular formula is C20H26O6. The van der Waals surface area contributed by atoms with E-state index < -0.39 is 41.2 Å². The number of ether oxygens (including phenoxy) is 2. The number of carbonyl (C=O) groups excluding carboxylic acids is 2. The number of Topliss-reactive ketones (excluding diaryl/α,β-unsaturated/α-hetero) is 1. The van der Waals surface area contributed by atoms with E-state index in [0.29, 0.717) is 24.8 Å². The zero-order valence-corrected chi connectivity index (χ0v) is 15.2. The molecule has 3 aliphatic carbocycles. The first-order valence-corrected chi connectivity index (χ1v) is 9.58. The van der Waals surface area contributed by atoms with Crippen molar-refractivity contribution in [1.29, 1.82) is 0 Å². The number of hydrogen-bond donors (Lipinski definition) is 2. The number of aliphatic hydroxyl groups excluding tert-OH is 2. The fourth-order valence-electron chi connectivity index (χ4n) is 7.35. The Bertz CT molecular complexity index is 728. The molecule has 5 aliphatic rings. The van der Waals surface area contributed by atoms with Crippen LogP contribution in [0.1, 0.15) is 39.5 Å². The summed E-state index contributed by atoms with van der Waals surface area (Å²) in [6.45, 7) is 8.29. The number of esters is 1. The van der Waals surface area contributed by atoms with E-state index in [1.807, 2.05) is 0 Å². The lowest BCUT2D eigenvalue weighted by atomic mass is 9.43. The molecule has 26 heavy (non-hydrogen) atoms. The molecule has 0 aromatic heterocycles. The van der Waals surface area contributed by atoms with Crippen LogP contribution in [0.4, 0.5) is 0 Å².